The van der Waals surface area contributed by atoms with Crippen LogP contribution in [-0.2, 0) is 0 Å². The van der Waals surface area contributed by atoms with E-state index in [2.05, 4.69) is 36.4 Å². The van der Waals surface area contributed by atoms with E-state index in [1.165, 1.54) is 38.5 Å². The van der Waals surface area contributed by atoms with Crippen LogP contribution in [0.3, 0.4) is 0 Å². The third-order valence-electron chi connectivity index (χ3n) is 2.31. The topological polar surface area (TPSA) is 26.0 Å². The molecule has 0 aromatic carbocycles. The Morgan fingerprint density at radius 2 is 1.50 bits per heavy atom. The number of unbranched alkanes of at least 4 members (excludes halogenated alkanes) is 2. The van der Waals surface area contributed by atoms with Crippen LogP contribution in [0.15, 0.2) is 0 Å². The molecule has 0 saturated carbocycles. The van der Waals surface area contributed by atoms with E-state index in [-0.39, 0.29) is 0 Å². The molecule has 0 rings (SSSR count). The zero-order chi connectivity index (χ0) is 9.40. The summed E-state index contributed by atoms with van der Waals surface area (Å²) in [7, 11) is 0. The quantitative estimate of drug-likeness (QED) is 0.430. The molecule has 0 bridgehead atoms. The van der Waals surface area contributed by atoms with Crippen LogP contribution < -0.4 is 5.73 Å². The fraction of sp³-hybridized carbons (Fsp3) is 1.00. The maximum atomic E-state index is 5.90. The van der Waals surface area contributed by atoms with Crippen LogP contribution in [0.4, 0.5) is 0 Å². The molecule has 0 aromatic rings. The predicted octanol–water partition coefficient (Wildman–Crippen LogP) is 3.70. The lowest BCUT2D eigenvalue weighted by atomic mass is 9.96. The molecule has 0 radical (unpaired) electrons. The molecule has 0 saturated heterocycles. The monoisotopic (exact) mass is 283 g/mol. The van der Waals surface area contributed by atoms with Gasteiger partial charge in [0.25, 0.3) is 0 Å². The zero-order valence-electron chi connectivity index (χ0n) is 8.35. The van der Waals surface area contributed by atoms with Gasteiger partial charge in [0.2, 0.25) is 0 Å². The summed E-state index contributed by atoms with van der Waals surface area (Å²) in [5.41, 5.74) is 5.90. The van der Waals surface area contributed by atoms with E-state index in [9.17, 15) is 0 Å². The van der Waals surface area contributed by atoms with E-state index < -0.39 is 0 Å². The summed E-state index contributed by atoms with van der Waals surface area (Å²) in [6, 6.07) is 0. The molecule has 12 heavy (non-hydrogen) atoms. The molecule has 0 spiro atoms. The zero-order valence-corrected chi connectivity index (χ0v) is 10.5. The summed E-state index contributed by atoms with van der Waals surface area (Å²) >= 11 is 2.36. The minimum atomic E-state index is 0.362. The van der Waals surface area contributed by atoms with E-state index >= 15 is 0 Å². The van der Waals surface area contributed by atoms with Crippen LogP contribution in [0, 0.1) is 5.92 Å². The largest absolute Gasteiger partial charge is 0.319 e. The molecule has 1 atom stereocenters. The second-order valence-corrected chi connectivity index (χ2v) is 4.93. The normalized spacial score (nSPS) is 13.8. The van der Waals surface area contributed by atoms with E-state index in [1.807, 2.05) is 0 Å². The highest BCUT2D eigenvalue weighted by molar-refractivity contribution is 14.1. The summed E-state index contributed by atoms with van der Waals surface area (Å²) in [5, 5.41) is 0. The third kappa shape index (κ3) is 6.23. The Kier molecular flexibility index (Phi) is 8.77. The first-order valence-corrected chi connectivity index (χ1v) is 6.36. The van der Waals surface area contributed by atoms with Crippen LogP contribution in [-0.4, -0.2) is 4.05 Å². The van der Waals surface area contributed by atoms with Crippen LogP contribution in [0.2, 0.25) is 0 Å². The molecule has 0 amide bonds. The van der Waals surface area contributed by atoms with Gasteiger partial charge in [-0.15, -0.1) is 0 Å². The Morgan fingerprint density at radius 3 is 1.75 bits per heavy atom. The molecule has 0 fully saturated rings. The average molecular weight is 283 g/mol. The second kappa shape index (κ2) is 8.30. The number of rotatable bonds is 7. The molecule has 0 aliphatic carbocycles. The van der Waals surface area contributed by atoms with Crippen LogP contribution in [0.25, 0.3) is 0 Å². The van der Waals surface area contributed by atoms with Crippen molar-refractivity contribution in [1.82, 2.24) is 0 Å². The van der Waals surface area contributed by atoms with Crippen molar-refractivity contribution in [2.45, 2.75) is 56.4 Å². The van der Waals surface area contributed by atoms with Gasteiger partial charge in [0, 0.05) is 0 Å². The van der Waals surface area contributed by atoms with E-state index in [0.29, 0.717) is 4.05 Å². The molecular weight excluding hydrogens is 261 g/mol. The highest BCUT2D eigenvalue weighted by Gasteiger charge is 2.13. The van der Waals surface area contributed by atoms with Gasteiger partial charge in [0.15, 0.2) is 0 Å². The highest BCUT2D eigenvalue weighted by Crippen LogP contribution is 2.21. The Bertz CT molecular complexity index is 85.8. The fourth-order valence-corrected chi connectivity index (χ4v) is 2.11. The van der Waals surface area contributed by atoms with Gasteiger partial charge < -0.3 is 5.73 Å². The van der Waals surface area contributed by atoms with E-state index in [1.54, 1.807) is 0 Å². The third-order valence-corrected chi connectivity index (χ3v) is 3.32. The minimum absolute atomic E-state index is 0.362. The van der Waals surface area contributed by atoms with Gasteiger partial charge in [0.1, 0.15) is 0 Å². The molecule has 0 heterocycles. The van der Waals surface area contributed by atoms with Crippen molar-refractivity contribution >= 4 is 22.6 Å². The van der Waals surface area contributed by atoms with Crippen molar-refractivity contribution in [2.24, 2.45) is 11.7 Å². The van der Waals surface area contributed by atoms with Gasteiger partial charge in [-0.05, 0) is 18.8 Å². The summed E-state index contributed by atoms with van der Waals surface area (Å²) in [5.74, 6) is 0.755. The molecule has 0 aromatic heterocycles. The molecule has 74 valence electrons. The van der Waals surface area contributed by atoms with Gasteiger partial charge in [-0.25, -0.2) is 0 Å². The standard InChI is InChI=1S/C10H22IN/c1-3-5-7-9(10(11)12)8-6-4-2/h9-10H,3-8,12H2,1-2H3. The number of nitrogens with two attached hydrogens (primary N) is 1. The van der Waals surface area contributed by atoms with Gasteiger partial charge in [0.05, 0.1) is 4.05 Å². The lowest BCUT2D eigenvalue weighted by molar-refractivity contribution is 0.419. The van der Waals surface area contributed by atoms with Crippen molar-refractivity contribution in [3.63, 3.8) is 0 Å². The van der Waals surface area contributed by atoms with Gasteiger partial charge in [-0.3, -0.25) is 0 Å². The van der Waals surface area contributed by atoms with Crippen LogP contribution in [0.1, 0.15) is 52.4 Å². The molecule has 2 heteroatoms. The second-order valence-electron chi connectivity index (χ2n) is 3.49. The Hall–Kier alpha value is 0.690. The van der Waals surface area contributed by atoms with Crippen molar-refractivity contribution < 1.29 is 0 Å². The molecule has 0 aliphatic rings. The van der Waals surface area contributed by atoms with Crippen molar-refractivity contribution in [1.29, 1.82) is 0 Å². The predicted molar refractivity (Wildman–Crippen MR) is 64.5 cm³/mol. The van der Waals surface area contributed by atoms with Gasteiger partial charge >= 0.3 is 0 Å². The number of alkyl halides is 1. The Balaban J connectivity index is 3.55. The minimum Gasteiger partial charge on any atom is -0.319 e. The van der Waals surface area contributed by atoms with Crippen molar-refractivity contribution in [2.75, 3.05) is 0 Å². The smallest absolute Gasteiger partial charge is 0.0597 e. The Morgan fingerprint density at radius 1 is 1.08 bits per heavy atom. The summed E-state index contributed by atoms with van der Waals surface area (Å²) in [6.07, 6.45) is 7.91. The lowest BCUT2D eigenvalue weighted by Gasteiger charge is -2.18. The van der Waals surface area contributed by atoms with Crippen LogP contribution in [0.5, 0.6) is 0 Å². The van der Waals surface area contributed by atoms with Crippen molar-refractivity contribution in [3.8, 4) is 0 Å². The summed E-state index contributed by atoms with van der Waals surface area (Å²) in [4.78, 5) is 0. The van der Waals surface area contributed by atoms with Crippen LogP contribution >= 0.6 is 22.6 Å². The molecular formula is C10H22IN. The lowest BCUT2D eigenvalue weighted by Crippen LogP contribution is -2.23. The van der Waals surface area contributed by atoms with Gasteiger partial charge in [-0.2, -0.15) is 0 Å². The SMILES string of the molecule is CCCCC(CCCC)C(N)I. The van der Waals surface area contributed by atoms with Gasteiger partial charge in [-0.1, -0.05) is 62.1 Å². The molecule has 2 N–H and O–H groups in total. The highest BCUT2D eigenvalue weighted by atomic mass is 127. The first-order chi connectivity index (χ1) is 5.72. The number of halogens is 1. The fourth-order valence-electron chi connectivity index (χ4n) is 1.40. The summed E-state index contributed by atoms with van der Waals surface area (Å²) in [6.45, 7) is 4.49. The average Bonchev–Trinajstić information content (AvgIpc) is 2.04. The first kappa shape index (κ1) is 12.7. The first-order valence-electron chi connectivity index (χ1n) is 5.12. The number of hydrogen-bond donors (Lipinski definition) is 1. The van der Waals surface area contributed by atoms with E-state index in [4.69, 9.17) is 5.73 Å². The maximum Gasteiger partial charge on any atom is 0.0597 e. The maximum absolute atomic E-state index is 5.90. The molecule has 1 unspecified atom stereocenters. The summed E-state index contributed by atoms with van der Waals surface area (Å²) < 4.78 is 0.362. The van der Waals surface area contributed by atoms with Crippen molar-refractivity contribution in [3.05, 3.63) is 0 Å². The molecule has 0 aliphatic heterocycles. The van der Waals surface area contributed by atoms with E-state index in [0.717, 1.165) is 5.92 Å². The Labute approximate surface area is 90.6 Å². The molecule has 1 nitrogen and oxygen atoms in total. The number of hydrogen-bond acceptors (Lipinski definition) is 1.